The number of hydrogen-bond acceptors (Lipinski definition) is 8. The lowest BCUT2D eigenvalue weighted by atomic mass is 10.2. The van der Waals surface area contributed by atoms with Gasteiger partial charge < -0.3 is 14.9 Å². The van der Waals surface area contributed by atoms with E-state index in [0.29, 0.717) is 38.5 Å². The molecule has 0 amide bonds. The van der Waals surface area contributed by atoms with Gasteiger partial charge in [0.05, 0.1) is 12.0 Å². The van der Waals surface area contributed by atoms with Crippen molar-refractivity contribution in [3.63, 3.8) is 0 Å². The van der Waals surface area contributed by atoms with Gasteiger partial charge in [-0.25, -0.2) is 19.0 Å². The zero-order valence-corrected chi connectivity index (χ0v) is 22.3. The van der Waals surface area contributed by atoms with Gasteiger partial charge in [-0.3, -0.25) is 4.98 Å². The van der Waals surface area contributed by atoms with Crippen LogP contribution in [0, 0.1) is 0 Å². The van der Waals surface area contributed by atoms with Gasteiger partial charge in [0.2, 0.25) is 8.32 Å². The minimum absolute atomic E-state index is 0.168. The molecule has 2 N–H and O–H groups in total. The van der Waals surface area contributed by atoms with Gasteiger partial charge in [0.25, 0.3) is 0 Å². The predicted molar refractivity (Wildman–Crippen MR) is 134 cm³/mol. The quantitative estimate of drug-likeness (QED) is 0.408. The van der Waals surface area contributed by atoms with Gasteiger partial charge in [-0.05, 0) is 28.8 Å². The monoisotopic (exact) mass is 504 g/mol. The van der Waals surface area contributed by atoms with Gasteiger partial charge in [-0.15, -0.1) is 0 Å². The van der Waals surface area contributed by atoms with Crippen molar-refractivity contribution in [3.8, 4) is 0 Å². The highest BCUT2D eigenvalue weighted by molar-refractivity contribution is 7.99. The summed E-state index contributed by atoms with van der Waals surface area (Å²) in [5.74, 6) is 0.292. The second-order valence-electron chi connectivity index (χ2n) is 9.63. The Hall–Kier alpha value is -2.08. The molecule has 3 aromatic rings. The third-order valence-corrected chi connectivity index (χ3v) is 13.8. The predicted octanol–water partition coefficient (Wildman–Crippen LogP) is 5.38. The molecular formula is C23H33FN6O2SSi. The van der Waals surface area contributed by atoms with Crippen LogP contribution in [0.1, 0.15) is 47.8 Å². The van der Waals surface area contributed by atoms with Gasteiger partial charge in [0.15, 0.2) is 18.0 Å². The van der Waals surface area contributed by atoms with Gasteiger partial charge in [0, 0.05) is 17.3 Å². The Bertz CT molecular complexity index is 1110. The molecule has 11 heteroatoms. The highest BCUT2D eigenvalue weighted by Crippen LogP contribution is 2.45. The first-order valence-corrected chi connectivity index (χ1v) is 14.6. The molecule has 3 atom stereocenters. The first-order chi connectivity index (χ1) is 16.2. The molecular weight excluding hydrogens is 471 g/mol. The lowest BCUT2D eigenvalue weighted by Gasteiger charge is -2.44. The minimum atomic E-state index is -2.28. The van der Waals surface area contributed by atoms with Crippen LogP contribution in [0.3, 0.4) is 0 Å². The maximum atomic E-state index is 15.9. The molecule has 184 valence electrons. The highest BCUT2D eigenvalue weighted by Gasteiger charge is 2.51. The smallest absolute Gasteiger partial charge is 0.201 e. The SMILES string of the molecule is CC(C)[Si](O[C@@H]1CO[C@@H](n2nc(Sc3ccncc3)c3c(N)ncnc32)C1F)(C(C)C)C(C)C. The van der Waals surface area contributed by atoms with Crippen molar-refractivity contribution in [2.24, 2.45) is 0 Å². The number of nitrogen functional groups attached to an aromatic ring is 1. The van der Waals surface area contributed by atoms with Crippen molar-refractivity contribution in [2.45, 2.75) is 86.6 Å². The number of anilines is 1. The molecule has 0 spiro atoms. The molecule has 1 aliphatic rings. The van der Waals surface area contributed by atoms with Crippen LogP contribution in [-0.2, 0) is 9.16 Å². The zero-order chi connectivity index (χ0) is 24.6. The zero-order valence-electron chi connectivity index (χ0n) is 20.5. The fraction of sp³-hybridized carbons (Fsp3) is 0.565. The Kier molecular flexibility index (Phi) is 7.27. The normalized spacial score (nSPS) is 21.4. The highest BCUT2D eigenvalue weighted by atomic mass is 32.2. The topological polar surface area (TPSA) is 101 Å². The van der Waals surface area contributed by atoms with Crippen LogP contribution < -0.4 is 5.73 Å². The summed E-state index contributed by atoms with van der Waals surface area (Å²) in [6.07, 6.45) is 1.78. The van der Waals surface area contributed by atoms with Gasteiger partial charge in [-0.1, -0.05) is 53.3 Å². The minimum Gasteiger partial charge on any atom is -0.408 e. The Morgan fingerprint density at radius 3 is 2.38 bits per heavy atom. The van der Waals surface area contributed by atoms with E-state index < -0.39 is 26.8 Å². The maximum Gasteiger partial charge on any atom is 0.201 e. The Morgan fingerprint density at radius 2 is 1.76 bits per heavy atom. The van der Waals surface area contributed by atoms with E-state index in [0.717, 1.165) is 4.90 Å². The molecule has 1 aliphatic heterocycles. The fourth-order valence-electron chi connectivity index (χ4n) is 5.27. The molecule has 3 aromatic heterocycles. The van der Waals surface area contributed by atoms with Crippen molar-refractivity contribution in [3.05, 3.63) is 30.9 Å². The lowest BCUT2D eigenvalue weighted by molar-refractivity contribution is 0.0138. The van der Waals surface area contributed by atoms with E-state index in [-0.39, 0.29) is 6.61 Å². The number of fused-ring (bicyclic) bond motifs is 1. The van der Waals surface area contributed by atoms with Crippen molar-refractivity contribution in [1.29, 1.82) is 0 Å². The van der Waals surface area contributed by atoms with Crippen molar-refractivity contribution in [1.82, 2.24) is 24.7 Å². The van der Waals surface area contributed by atoms with Crippen LogP contribution in [0.25, 0.3) is 11.0 Å². The van der Waals surface area contributed by atoms with Crippen LogP contribution >= 0.6 is 11.8 Å². The number of nitrogens with two attached hydrogens (primary N) is 1. The van der Waals surface area contributed by atoms with Crippen molar-refractivity contribution < 1.29 is 13.6 Å². The molecule has 0 radical (unpaired) electrons. The van der Waals surface area contributed by atoms with Crippen LogP contribution in [0.5, 0.6) is 0 Å². The summed E-state index contributed by atoms with van der Waals surface area (Å²) in [6, 6.07) is 3.74. The second kappa shape index (κ2) is 9.88. The number of ether oxygens (including phenoxy) is 1. The molecule has 1 saturated heterocycles. The van der Waals surface area contributed by atoms with Gasteiger partial charge in [-0.2, -0.15) is 5.10 Å². The first-order valence-electron chi connectivity index (χ1n) is 11.7. The van der Waals surface area contributed by atoms with Crippen LogP contribution in [-0.4, -0.2) is 51.9 Å². The van der Waals surface area contributed by atoms with E-state index in [2.05, 4.69) is 61.6 Å². The molecule has 0 bridgehead atoms. The van der Waals surface area contributed by atoms with E-state index in [4.69, 9.17) is 14.9 Å². The van der Waals surface area contributed by atoms with Crippen LogP contribution in [0.4, 0.5) is 10.2 Å². The molecule has 0 aromatic carbocycles. The number of nitrogens with zero attached hydrogens (tertiary/aromatic N) is 5. The average Bonchev–Trinajstić information content (AvgIpc) is 3.32. The third-order valence-electron chi connectivity index (χ3n) is 6.71. The van der Waals surface area contributed by atoms with E-state index in [1.165, 1.54) is 22.8 Å². The van der Waals surface area contributed by atoms with E-state index >= 15 is 4.39 Å². The summed E-state index contributed by atoms with van der Waals surface area (Å²) in [4.78, 5) is 13.5. The van der Waals surface area contributed by atoms with E-state index in [1.54, 1.807) is 12.4 Å². The summed E-state index contributed by atoms with van der Waals surface area (Å²) in [5.41, 5.74) is 7.67. The van der Waals surface area contributed by atoms with Crippen LogP contribution in [0.2, 0.25) is 16.6 Å². The molecule has 0 saturated carbocycles. The Balaban J connectivity index is 1.67. The lowest BCUT2D eigenvalue weighted by Crippen LogP contribution is -2.52. The molecule has 8 nitrogen and oxygen atoms in total. The van der Waals surface area contributed by atoms with Crippen LogP contribution in [0.15, 0.2) is 40.8 Å². The molecule has 1 fully saturated rings. The first kappa shape index (κ1) is 25.0. The Morgan fingerprint density at radius 1 is 1.12 bits per heavy atom. The Labute approximate surface area is 205 Å². The summed E-state index contributed by atoms with van der Waals surface area (Å²) in [7, 11) is -2.28. The van der Waals surface area contributed by atoms with Gasteiger partial charge in [0.1, 0.15) is 23.3 Å². The molecule has 4 heterocycles. The number of halogens is 1. The molecule has 0 aliphatic carbocycles. The number of alkyl halides is 1. The summed E-state index contributed by atoms with van der Waals surface area (Å²) < 4.78 is 30.1. The number of aromatic nitrogens is 5. The van der Waals surface area contributed by atoms with Crippen molar-refractivity contribution in [2.75, 3.05) is 12.3 Å². The van der Waals surface area contributed by atoms with Gasteiger partial charge >= 0.3 is 0 Å². The second-order valence-corrected chi connectivity index (χ2v) is 16.1. The standard InChI is InChI=1S/C23H33FN6O2SSi/c1-13(2)34(14(3)4,15(5)6)32-17-11-31-23(19(17)24)30-21-18(20(25)27-12-28-21)22(29-30)33-16-7-9-26-10-8-16/h7-10,12-15,17,19,23H,11H2,1-6H3,(H2,25,27,28)/t17-,19?,23-/m1/s1. The maximum absolute atomic E-state index is 15.9. The number of rotatable bonds is 8. The van der Waals surface area contributed by atoms with Crippen molar-refractivity contribution >= 4 is 36.9 Å². The number of hydrogen-bond donors (Lipinski definition) is 1. The summed E-state index contributed by atoms with van der Waals surface area (Å²) in [5, 5.41) is 5.86. The summed E-state index contributed by atoms with van der Waals surface area (Å²) in [6.45, 7) is 13.3. The summed E-state index contributed by atoms with van der Waals surface area (Å²) >= 11 is 1.40. The third kappa shape index (κ3) is 4.34. The van der Waals surface area contributed by atoms with E-state index in [1.807, 2.05) is 12.1 Å². The largest absolute Gasteiger partial charge is 0.408 e. The average molecular weight is 505 g/mol. The molecule has 34 heavy (non-hydrogen) atoms. The fourth-order valence-corrected chi connectivity index (χ4v) is 11.7. The molecule has 4 rings (SSSR count). The number of pyridine rings is 1. The van der Waals surface area contributed by atoms with E-state index in [9.17, 15) is 0 Å². The molecule has 1 unspecified atom stereocenters.